The molecule has 2 aromatic carbocycles. The molecule has 2 atom stereocenters. The van der Waals surface area contributed by atoms with Gasteiger partial charge in [-0.05, 0) is 35.7 Å². The Morgan fingerprint density at radius 2 is 1.33 bits per heavy atom. The third-order valence-electron chi connectivity index (χ3n) is 5.09. The fraction of sp³-hybridized carbons (Fsp3) is 0.429. The summed E-state index contributed by atoms with van der Waals surface area (Å²) in [5.74, 6) is 3.86. The third kappa shape index (κ3) is 3.31. The van der Waals surface area contributed by atoms with E-state index in [1.54, 1.807) is 35.5 Å². The Kier molecular flexibility index (Phi) is 5.54. The van der Waals surface area contributed by atoms with Gasteiger partial charge in [0.15, 0.2) is 23.0 Å². The first-order valence-electron chi connectivity index (χ1n) is 8.86. The SMILES string of the molecule is COc1ccc(N2C[C@@H](C)[C@H]2c2cc(OC)c(OC)c(OC)c2)cc1OC. The van der Waals surface area contributed by atoms with Crippen molar-refractivity contribution in [1.29, 1.82) is 0 Å². The second-order valence-corrected chi connectivity index (χ2v) is 6.57. The first-order valence-corrected chi connectivity index (χ1v) is 8.86. The summed E-state index contributed by atoms with van der Waals surface area (Å²) in [5.41, 5.74) is 2.21. The van der Waals surface area contributed by atoms with Crippen molar-refractivity contribution in [2.45, 2.75) is 13.0 Å². The van der Waals surface area contributed by atoms with Gasteiger partial charge in [0.25, 0.3) is 0 Å². The highest BCUT2D eigenvalue weighted by atomic mass is 16.5. The lowest BCUT2D eigenvalue weighted by atomic mass is 9.84. The van der Waals surface area contributed by atoms with E-state index in [4.69, 9.17) is 23.7 Å². The molecule has 1 saturated heterocycles. The molecular weight excluding hydrogens is 346 g/mol. The van der Waals surface area contributed by atoms with Gasteiger partial charge < -0.3 is 28.6 Å². The van der Waals surface area contributed by atoms with Crippen LogP contribution in [0.3, 0.4) is 0 Å². The van der Waals surface area contributed by atoms with Gasteiger partial charge in [-0.3, -0.25) is 0 Å². The average molecular weight is 373 g/mol. The Hall–Kier alpha value is -2.76. The lowest BCUT2D eigenvalue weighted by Crippen LogP contribution is -2.48. The minimum Gasteiger partial charge on any atom is -0.493 e. The molecule has 0 N–H and O–H groups in total. The monoisotopic (exact) mass is 373 g/mol. The molecule has 1 aliphatic rings. The molecule has 0 bridgehead atoms. The summed E-state index contributed by atoms with van der Waals surface area (Å²) < 4.78 is 27.3. The molecule has 0 saturated carbocycles. The Morgan fingerprint density at radius 1 is 0.741 bits per heavy atom. The maximum atomic E-state index is 5.52. The van der Waals surface area contributed by atoms with Crippen LogP contribution in [0.15, 0.2) is 30.3 Å². The molecule has 6 heteroatoms. The molecule has 1 fully saturated rings. The summed E-state index contributed by atoms with van der Waals surface area (Å²) in [6, 6.07) is 10.2. The highest BCUT2D eigenvalue weighted by Gasteiger charge is 2.38. The van der Waals surface area contributed by atoms with Gasteiger partial charge in [-0.1, -0.05) is 6.92 Å². The lowest BCUT2D eigenvalue weighted by molar-refractivity contribution is 0.308. The van der Waals surface area contributed by atoms with Crippen LogP contribution in [0.5, 0.6) is 28.7 Å². The third-order valence-corrected chi connectivity index (χ3v) is 5.09. The zero-order chi connectivity index (χ0) is 19.6. The topological polar surface area (TPSA) is 49.4 Å². The second-order valence-electron chi connectivity index (χ2n) is 6.57. The van der Waals surface area contributed by atoms with Gasteiger partial charge in [-0.2, -0.15) is 0 Å². The quantitative estimate of drug-likeness (QED) is 0.733. The van der Waals surface area contributed by atoms with Crippen molar-refractivity contribution in [2.75, 3.05) is 47.0 Å². The fourth-order valence-corrected chi connectivity index (χ4v) is 3.74. The second kappa shape index (κ2) is 7.86. The number of ether oxygens (including phenoxy) is 5. The zero-order valence-corrected chi connectivity index (χ0v) is 16.7. The van der Waals surface area contributed by atoms with E-state index in [0.29, 0.717) is 23.2 Å². The number of methoxy groups -OCH3 is 5. The van der Waals surface area contributed by atoms with E-state index in [-0.39, 0.29) is 6.04 Å². The van der Waals surface area contributed by atoms with Crippen LogP contribution in [-0.2, 0) is 0 Å². The molecule has 0 radical (unpaired) electrons. The number of hydrogen-bond acceptors (Lipinski definition) is 6. The maximum absolute atomic E-state index is 5.52. The van der Waals surface area contributed by atoms with Crippen LogP contribution in [0.2, 0.25) is 0 Å². The molecule has 0 spiro atoms. The minimum absolute atomic E-state index is 0.205. The van der Waals surface area contributed by atoms with Gasteiger partial charge in [0.1, 0.15) is 0 Å². The molecule has 0 aromatic heterocycles. The first kappa shape index (κ1) is 19.0. The summed E-state index contributed by atoms with van der Waals surface area (Å²) in [5, 5.41) is 0. The summed E-state index contributed by atoms with van der Waals surface area (Å²) in [6.07, 6.45) is 0. The van der Waals surface area contributed by atoms with Crippen LogP contribution in [0.1, 0.15) is 18.5 Å². The molecule has 0 aliphatic carbocycles. The highest BCUT2D eigenvalue weighted by molar-refractivity contribution is 5.61. The summed E-state index contributed by atoms with van der Waals surface area (Å²) in [4.78, 5) is 2.34. The predicted octanol–water partition coefficient (Wildman–Crippen LogP) is 3.93. The number of nitrogens with zero attached hydrogens (tertiary/aromatic N) is 1. The molecule has 0 amide bonds. The smallest absolute Gasteiger partial charge is 0.203 e. The number of hydrogen-bond donors (Lipinski definition) is 0. The lowest BCUT2D eigenvalue weighted by Gasteiger charge is -2.49. The van der Waals surface area contributed by atoms with E-state index in [9.17, 15) is 0 Å². The van der Waals surface area contributed by atoms with Gasteiger partial charge in [0.2, 0.25) is 5.75 Å². The van der Waals surface area contributed by atoms with Crippen molar-refractivity contribution < 1.29 is 23.7 Å². The van der Waals surface area contributed by atoms with Crippen molar-refractivity contribution in [1.82, 2.24) is 0 Å². The fourth-order valence-electron chi connectivity index (χ4n) is 3.74. The van der Waals surface area contributed by atoms with Gasteiger partial charge in [0, 0.05) is 18.3 Å². The molecule has 3 rings (SSSR count). The normalized spacial score (nSPS) is 18.5. The minimum atomic E-state index is 0.205. The number of anilines is 1. The van der Waals surface area contributed by atoms with Crippen LogP contribution in [0.25, 0.3) is 0 Å². The van der Waals surface area contributed by atoms with Gasteiger partial charge in [-0.25, -0.2) is 0 Å². The van der Waals surface area contributed by atoms with Crippen LogP contribution in [-0.4, -0.2) is 42.1 Å². The molecule has 1 aliphatic heterocycles. The molecular formula is C21H27NO5. The van der Waals surface area contributed by atoms with Crippen LogP contribution < -0.4 is 28.6 Å². The predicted molar refractivity (Wildman–Crippen MR) is 105 cm³/mol. The largest absolute Gasteiger partial charge is 0.493 e. The van der Waals surface area contributed by atoms with E-state index in [2.05, 4.69) is 17.9 Å². The van der Waals surface area contributed by atoms with E-state index in [1.165, 1.54) is 0 Å². The first-order chi connectivity index (χ1) is 13.1. The van der Waals surface area contributed by atoms with Crippen molar-refractivity contribution in [3.63, 3.8) is 0 Å². The number of benzene rings is 2. The maximum Gasteiger partial charge on any atom is 0.203 e. The highest BCUT2D eigenvalue weighted by Crippen LogP contribution is 2.48. The van der Waals surface area contributed by atoms with Gasteiger partial charge in [-0.15, -0.1) is 0 Å². The van der Waals surface area contributed by atoms with Crippen LogP contribution >= 0.6 is 0 Å². The van der Waals surface area contributed by atoms with Crippen LogP contribution in [0.4, 0.5) is 5.69 Å². The molecule has 6 nitrogen and oxygen atoms in total. The summed E-state index contributed by atoms with van der Waals surface area (Å²) >= 11 is 0. The molecule has 1 heterocycles. The zero-order valence-electron chi connectivity index (χ0n) is 16.7. The van der Waals surface area contributed by atoms with Crippen molar-refractivity contribution in [3.8, 4) is 28.7 Å². The van der Waals surface area contributed by atoms with Crippen molar-refractivity contribution in [3.05, 3.63) is 35.9 Å². The van der Waals surface area contributed by atoms with E-state index >= 15 is 0 Å². The van der Waals surface area contributed by atoms with Crippen molar-refractivity contribution in [2.24, 2.45) is 5.92 Å². The summed E-state index contributed by atoms with van der Waals surface area (Å²) in [7, 11) is 8.18. The molecule has 0 unspecified atom stereocenters. The molecule has 2 aromatic rings. The van der Waals surface area contributed by atoms with Crippen molar-refractivity contribution >= 4 is 5.69 Å². The molecule has 146 valence electrons. The van der Waals surface area contributed by atoms with E-state index in [1.807, 2.05) is 24.3 Å². The Labute approximate surface area is 160 Å². The van der Waals surface area contributed by atoms with E-state index < -0.39 is 0 Å². The Morgan fingerprint density at radius 3 is 1.81 bits per heavy atom. The Bertz CT molecular complexity index is 782. The molecule has 27 heavy (non-hydrogen) atoms. The van der Waals surface area contributed by atoms with Crippen LogP contribution in [0, 0.1) is 5.92 Å². The average Bonchev–Trinajstić information content (AvgIpc) is 2.70. The number of rotatable bonds is 7. The standard InChI is InChI=1S/C21H27NO5/c1-13-12-22(15-7-8-16(23-2)17(11-15)24-3)20(13)14-9-18(25-4)21(27-6)19(10-14)26-5/h7-11,13,20H,12H2,1-6H3/t13-,20+/m1/s1. The Balaban J connectivity index is 1.99. The summed E-state index contributed by atoms with van der Waals surface area (Å²) in [6.45, 7) is 3.20. The van der Waals surface area contributed by atoms with Gasteiger partial charge >= 0.3 is 0 Å². The van der Waals surface area contributed by atoms with Gasteiger partial charge in [0.05, 0.1) is 41.6 Å². The van der Waals surface area contributed by atoms with E-state index in [0.717, 1.165) is 29.3 Å².